The fourth-order valence-electron chi connectivity index (χ4n) is 3.89. The summed E-state index contributed by atoms with van der Waals surface area (Å²) in [5, 5.41) is 0. The SMILES string of the molecule is COc1ccc([C@H]2c3cc4c(cc3O[C@@](C)(OC)[C@H]2C)OCO4)c(OC)c1. The van der Waals surface area contributed by atoms with Gasteiger partial charge >= 0.3 is 0 Å². The Hall–Kier alpha value is -2.60. The summed E-state index contributed by atoms with van der Waals surface area (Å²) in [6.45, 7) is 4.28. The van der Waals surface area contributed by atoms with E-state index in [4.69, 9.17) is 28.4 Å². The van der Waals surface area contributed by atoms with Gasteiger partial charge in [-0.25, -0.2) is 0 Å². The maximum atomic E-state index is 6.25. The minimum Gasteiger partial charge on any atom is -0.497 e. The largest absolute Gasteiger partial charge is 0.497 e. The summed E-state index contributed by atoms with van der Waals surface area (Å²) in [7, 11) is 4.97. The van der Waals surface area contributed by atoms with Crippen molar-refractivity contribution in [2.45, 2.75) is 25.6 Å². The molecule has 6 nitrogen and oxygen atoms in total. The van der Waals surface area contributed by atoms with E-state index in [9.17, 15) is 0 Å². The highest BCUT2D eigenvalue weighted by Gasteiger charge is 2.47. The van der Waals surface area contributed by atoms with Gasteiger partial charge in [0.15, 0.2) is 11.5 Å². The highest BCUT2D eigenvalue weighted by Crippen LogP contribution is 2.53. The van der Waals surface area contributed by atoms with Gasteiger partial charge in [0.05, 0.1) is 14.2 Å². The summed E-state index contributed by atoms with van der Waals surface area (Å²) in [5.74, 6) is 2.84. The van der Waals surface area contributed by atoms with Crippen LogP contribution in [0.2, 0.25) is 0 Å². The van der Waals surface area contributed by atoms with Crippen LogP contribution in [0.1, 0.15) is 30.9 Å². The predicted molar refractivity (Wildman–Crippen MR) is 99.2 cm³/mol. The molecule has 3 atom stereocenters. The molecule has 0 N–H and O–H groups in total. The lowest BCUT2D eigenvalue weighted by atomic mass is 9.75. The monoisotopic (exact) mass is 372 g/mol. The number of ether oxygens (including phenoxy) is 6. The van der Waals surface area contributed by atoms with E-state index in [-0.39, 0.29) is 18.6 Å². The van der Waals surface area contributed by atoms with Gasteiger partial charge < -0.3 is 28.4 Å². The van der Waals surface area contributed by atoms with Crippen LogP contribution in [0.4, 0.5) is 0 Å². The Morgan fingerprint density at radius 3 is 2.33 bits per heavy atom. The first-order valence-electron chi connectivity index (χ1n) is 8.90. The number of benzene rings is 2. The van der Waals surface area contributed by atoms with Crippen molar-refractivity contribution in [1.29, 1.82) is 0 Å². The third-order valence-electron chi connectivity index (χ3n) is 5.66. The van der Waals surface area contributed by atoms with Crippen molar-refractivity contribution in [3.63, 3.8) is 0 Å². The van der Waals surface area contributed by atoms with E-state index in [1.807, 2.05) is 37.3 Å². The number of hydrogen-bond acceptors (Lipinski definition) is 6. The molecule has 0 aliphatic carbocycles. The number of methoxy groups -OCH3 is 3. The lowest BCUT2D eigenvalue weighted by Gasteiger charge is -2.44. The van der Waals surface area contributed by atoms with Crippen molar-refractivity contribution >= 4 is 0 Å². The van der Waals surface area contributed by atoms with Crippen molar-refractivity contribution in [2.24, 2.45) is 5.92 Å². The minimum absolute atomic E-state index is 0.0117. The standard InChI is InChI=1S/C21H24O6/c1-12-20(14-7-6-13(22-3)8-16(14)23-4)15-9-18-19(26-11-25-18)10-17(15)27-21(12,2)24-5/h6-10,12,20H,11H2,1-5H3/t12-,20-,21+/m0/s1. The Morgan fingerprint density at radius 1 is 0.926 bits per heavy atom. The molecular formula is C21H24O6. The first-order chi connectivity index (χ1) is 13.0. The fraction of sp³-hybridized carbons (Fsp3) is 0.429. The molecule has 2 aromatic carbocycles. The molecule has 0 fully saturated rings. The van der Waals surface area contributed by atoms with Crippen LogP contribution >= 0.6 is 0 Å². The molecular weight excluding hydrogens is 348 g/mol. The Labute approximate surface area is 158 Å². The summed E-state index contributed by atoms with van der Waals surface area (Å²) in [6, 6.07) is 9.75. The maximum absolute atomic E-state index is 6.25. The molecule has 0 bridgehead atoms. The second-order valence-corrected chi connectivity index (χ2v) is 6.94. The van der Waals surface area contributed by atoms with Crippen molar-refractivity contribution in [3.05, 3.63) is 41.5 Å². The van der Waals surface area contributed by atoms with Crippen LogP contribution in [-0.4, -0.2) is 33.9 Å². The summed E-state index contributed by atoms with van der Waals surface area (Å²) < 4.78 is 34.2. The van der Waals surface area contributed by atoms with Crippen LogP contribution < -0.4 is 23.7 Å². The molecule has 0 saturated carbocycles. The molecule has 144 valence electrons. The fourth-order valence-corrected chi connectivity index (χ4v) is 3.89. The molecule has 2 aliphatic rings. The lowest BCUT2D eigenvalue weighted by Crippen LogP contribution is -2.47. The molecule has 2 heterocycles. The molecule has 0 radical (unpaired) electrons. The maximum Gasteiger partial charge on any atom is 0.231 e. The normalized spacial score (nSPS) is 25.5. The van der Waals surface area contributed by atoms with E-state index in [0.29, 0.717) is 5.75 Å². The molecule has 0 aromatic heterocycles. The van der Waals surface area contributed by atoms with Gasteiger partial charge in [-0.05, 0) is 12.1 Å². The van der Waals surface area contributed by atoms with Crippen LogP contribution in [0.5, 0.6) is 28.7 Å². The molecule has 0 unspecified atom stereocenters. The molecule has 0 spiro atoms. The van der Waals surface area contributed by atoms with Crippen molar-refractivity contribution in [2.75, 3.05) is 28.1 Å². The summed E-state index contributed by atoms with van der Waals surface area (Å²) >= 11 is 0. The van der Waals surface area contributed by atoms with E-state index in [0.717, 1.165) is 34.1 Å². The van der Waals surface area contributed by atoms with E-state index in [1.54, 1.807) is 21.3 Å². The van der Waals surface area contributed by atoms with Crippen LogP contribution in [0.15, 0.2) is 30.3 Å². The lowest BCUT2D eigenvalue weighted by molar-refractivity contribution is -0.194. The zero-order valence-electron chi connectivity index (χ0n) is 16.2. The zero-order valence-corrected chi connectivity index (χ0v) is 16.2. The highest BCUT2D eigenvalue weighted by atomic mass is 16.7. The Bertz CT molecular complexity index is 864. The van der Waals surface area contributed by atoms with Crippen LogP contribution in [0.25, 0.3) is 0 Å². The number of hydrogen-bond donors (Lipinski definition) is 0. The van der Waals surface area contributed by atoms with Crippen molar-refractivity contribution < 1.29 is 28.4 Å². The average Bonchev–Trinajstić information content (AvgIpc) is 3.14. The molecule has 6 heteroatoms. The van der Waals surface area contributed by atoms with Crippen LogP contribution in [0.3, 0.4) is 0 Å². The first-order valence-corrected chi connectivity index (χ1v) is 8.90. The van der Waals surface area contributed by atoms with Gasteiger partial charge in [-0.15, -0.1) is 0 Å². The van der Waals surface area contributed by atoms with Crippen LogP contribution in [-0.2, 0) is 4.74 Å². The van der Waals surface area contributed by atoms with E-state index in [1.165, 1.54) is 0 Å². The smallest absolute Gasteiger partial charge is 0.231 e. The van der Waals surface area contributed by atoms with Gasteiger partial charge in [-0.3, -0.25) is 0 Å². The Morgan fingerprint density at radius 2 is 1.67 bits per heavy atom. The molecule has 4 rings (SSSR count). The van der Waals surface area contributed by atoms with Gasteiger partial charge in [0.25, 0.3) is 0 Å². The number of rotatable bonds is 4. The number of fused-ring (bicyclic) bond motifs is 2. The highest BCUT2D eigenvalue weighted by molar-refractivity contribution is 5.58. The first kappa shape index (κ1) is 17.8. The van der Waals surface area contributed by atoms with Gasteiger partial charge in [-0.1, -0.05) is 13.0 Å². The Balaban J connectivity index is 1.91. The molecule has 2 aliphatic heterocycles. The zero-order chi connectivity index (χ0) is 19.2. The second kappa shape index (κ2) is 6.53. The van der Waals surface area contributed by atoms with E-state index < -0.39 is 5.79 Å². The van der Waals surface area contributed by atoms with Crippen LogP contribution in [0, 0.1) is 5.92 Å². The molecule has 0 amide bonds. The van der Waals surface area contributed by atoms with Gasteiger partial charge in [0.2, 0.25) is 12.6 Å². The molecule has 27 heavy (non-hydrogen) atoms. The van der Waals surface area contributed by atoms with E-state index >= 15 is 0 Å². The molecule has 2 aromatic rings. The summed E-state index contributed by atoms with van der Waals surface area (Å²) in [5.41, 5.74) is 2.06. The quantitative estimate of drug-likeness (QED) is 0.810. The minimum atomic E-state index is -0.795. The van der Waals surface area contributed by atoms with Crippen molar-refractivity contribution in [3.8, 4) is 28.7 Å². The van der Waals surface area contributed by atoms with Crippen molar-refractivity contribution in [1.82, 2.24) is 0 Å². The van der Waals surface area contributed by atoms with Gasteiger partial charge in [-0.2, -0.15) is 0 Å². The summed E-state index contributed by atoms with van der Waals surface area (Å²) in [4.78, 5) is 0. The van der Waals surface area contributed by atoms with E-state index in [2.05, 4.69) is 6.92 Å². The van der Waals surface area contributed by atoms with Gasteiger partial charge in [0, 0.05) is 49.1 Å². The second-order valence-electron chi connectivity index (χ2n) is 6.94. The third-order valence-corrected chi connectivity index (χ3v) is 5.66. The van der Waals surface area contributed by atoms with Gasteiger partial charge in [0.1, 0.15) is 17.2 Å². The molecule has 0 saturated heterocycles. The topological polar surface area (TPSA) is 55.4 Å². The Kier molecular flexibility index (Phi) is 4.30. The average molecular weight is 372 g/mol. The summed E-state index contributed by atoms with van der Waals surface area (Å²) in [6.07, 6.45) is 0. The predicted octanol–water partition coefficient (Wildman–Crippen LogP) is 3.96. The third kappa shape index (κ3) is 2.75.